The van der Waals surface area contributed by atoms with E-state index < -0.39 is 8.25 Å². The molecule has 1 atom stereocenters. The van der Waals surface area contributed by atoms with Crippen LogP contribution in [0.2, 0.25) is 0 Å². The van der Waals surface area contributed by atoms with Crippen LogP contribution in [0.5, 0.6) is 0 Å². The van der Waals surface area contributed by atoms with Crippen LogP contribution in [-0.2, 0) is 9.09 Å². The molecule has 0 aliphatic carbocycles. The Morgan fingerprint density at radius 1 is 2.00 bits per heavy atom. The first-order valence-corrected chi connectivity index (χ1v) is 2.34. The van der Waals surface area contributed by atoms with Crippen LogP contribution in [-0.4, -0.2) is 6.73 Å². The highest BCUT2D eigenvalue weighted by atomic mass is 31.1. The molecule has 0 amide bonds. The van der Waals surface area contributed by atoms with Gasteiger partial charge in [-0.1, -0.05) is 0 Å². The summed E-state index contributed by atoms with van der Waals surface area (Å²) in [5.74, 6) is 0. The van der Waals surface area contributed by atoms with E-state index in [1.807, 2.05) is 0 Å². The Morgan fingerprint density at radius 2 is 2.50 bits per heavy atom. The van der Waals surface area contributed by atoms with Crippen LogP contribution in [0.15, 0.2) is 0 Å². The molecule has 0 radical (unpaired) electrons. The number of hydrogen-bond acceptors (Lipinski definition) is 4. The van der Waals surface area contributed by atoms with Crippen LogP contribution in [0.1, 0.15) is 0 Å². The predicted octanol–water partition coefficient (Wildman–Crippen LogP) is -1.06. The molecular weight excluding hydrogens is 105 g/mol. The van der Waals surface area contributed by atoms with Gasteiger partial charge < -0.3 is 10.6 Å². The van der Waals surface area contributed by atoms with E-state index in [9.17, 15) is 9.46 Å². The minimum Gasteiger partial charge on any atom is -0.566 e. The summed E-state index contributed by atoms with van der Waals surface area (Å²) < 4.78 is 13.1. The van der Waals surface area contributed by atoms with Gasteiger partial charge in [0.25, 0.3) is 0 Å². The summed E-state index contributed by atoms with van der Waals surface area (Å²) in [6.45, 7) is -0.265. The topological polar surface area (TPSA) is 75.4 Å². The van der Waals surface area contributed by atoms with Gasteiger partial charge in [0.15, 0.2) is 6.73 Å². The summed E-state index contributed by atoms with van der Waals surface area (Å²) in [4.78, 5) is 9.33. The molecule has 0 fully saturated rings. The summed E-state index contributed by atoms with van der Waals surface area (Å²) in [6, 6.07) is 0. The molecule has 1 unspecified atom stereocenters. The highest BCUT2D eigenvalue weighted by Gasteiger charge is 1.92. The van der Waals surface area contributed by atoms with E-state index in [1.54, 1.807) is 0 Å². The standard InChI is InChI=1S/CH4NO3P/c2-1-5-6(3)4/h1-2H2. The van der Waals surface area contributed by atoms with Crippen molar-refractivity contribution in [1.29, 1.82) is 0 Å². The second kappa shape index (κ2) is 3.18. The van der Waals surface area contributed by atoms with E-state index in [2.05, 4.69) is 10.3 Å². The van der Waals surface area contributed by atoms with Crippen LogP contribution < -0.4 is 10.6 Å². The lowest BCUT2D eigenvalue weighted by Crippen LogP contribution is -2.01. The summed E-state index contributed by atoms with van der Waals surface area (Å²) in [5, 5.41) is 0. The average molecular weight is 109 g/mol. The van der Waals surface area contributed by atoms with Crippen molar-refractivity contribution in [2.45, 2.75) is 0 Å². The van der Waals surface area contributed by atoms with Crippen molar-refractivity contribution in [3.63, 3.8) is 0 Å². The molecule has 0 saturated carbocycles. The van der Waals surface area contributed by atoms with Gasteiger partial charge in [0.1, 0.15) is 0 Å². The summed E-state index contributed by atoms with van der Waals surface area (Å²) in [7, 11) is -2.73. The zero-order chi connectivity index (χ0) is 4.99. The van der Waals surface area contributed by atoms with Crippen molar-refractivity contribution in [1.82, 2.24) is 0 Å². The lowest BCUT2D eigenvalue weighted by molar-refractivity contribution is -0.185. The van der Waals surface area contributed by atoms with Crippen molar-refractivity contribution in [3.05, 3.63) is 0 Å². The SMILES string of the molecule is NCO[P+](=O)[O-]. The van der Waals surface area contributed by atoms with Crippen LogP contribution in [0.3, 0.4) is 0 Å². The molecule has 0 bridgehead atoms. The smallest absolute Gasteiger partial charge is 0.489 e. The molecule has 36 valence electrons. The van der Waals surface area contributed by atoms with E-state index in [0.717, 1.165) is 0 Å². The monoisotopic (exact) mass is 109 g/mol. The maximum atomic E-state index is 9.33. The third-order valence-corrected chi connectivity index (χ3v) is 0.540. The molecule has 0 heterocycles. The second-order valence-electron chi connectivity index (χ2n) is 0.519. The third-order valence-electron chi connectivity index (χ3n) is 0.180. The van der Waals surface area contributed by atoms with Gasteiger partial charge in [-0.15, -0.1) is 4.52 Å². The molecule has 0 spiro atoms. The Bertz CT molecular complexity index is 54.8. The zero-order valence-corrected chi connectivity index (χ0v) is 3.85. The fourth-order valence-corrected chi connectivity index (χ4v) is 0.183. The molecule has 5 heteroatoms. The first kappa shape index (κ1) is 5.98. The maximum Gasteiger partial charge on any atom is 0.489 e. The second-order valence-corrected chi connectivity index (χ2v) is 1.22. The van der Waals surface area contributed by atoms with Crippen molar-refractivity contribution < 1.29 is 14.0 Å². The van der Waals surface area contributed by atoms with E-state index in [0.29, 0.717) is 0 Å². The summed E-state index contributed by atoms with van der Waals surface area (Å²) in [6.07, 6.45) is 0. The third kappa shape index (κ3) is 3.98. The Hall–Kier alpha value is -0.0200. The highest BCUT2D eigenvalue weighted by molar-refractivity contribution is 7.30. The van der Waals surface area contributed by atoms with Gasteiger partial charge in [-0.25, -0.2) is 0 Å². The fourth-order valence-electron chi connectivity index (χ4n) is 0.0609. The minimum absolute atomic E-state index is 0.265. The number of hydrogen-bond donors (Lipinski definition) is 1. The maximum absolute atomic E-state index is 9.33. The molecule has 0 aliphatic heterocycles. The molecule has 2 N–H and O–H groups in total. The Labute approximate surface area is 35.9 Å². The molecule has 4 nitrogen and oxygen atoms in total. The number of nitrogens with two attached hydrogens (primary N) is 1. The van der Waals surface area contributed by atoms with Crippen LogP contribution in [0, 0.1) is 0 Å². The molecule has 0 aromatic heterocycles. The first-order valence-electron chi connectivity index (χ1n) is 1.24. The largest absolute Gasteiger partial charge is 0.566 e. The Morgan fingerprint density at radius 3 is 2.50 bits per heavy atom. The van der Waals surface area contributed by atoms with Crippen molar-refractivity contribution >= 4 is 8.25 Å². The Balaban J connectivity index is 2.83. The minimum atomic E-state index is -2.73. The quantitative estimate of drug-likeness (QED) is 0.362. The zero-order valence-electron chi connectivity index (χ0n) is 2.96. The normalized spacial score (nSPS) is 11.3. The predicted molar refractivity (Wildman–Crippen MR) is 17.7 cm³/mol. The molecular formula is CH4NO3P. The molecule has 0 aliphatic rings. The van der Waals surface area contributed by atoms with E-state index in [4.69, 9.17) is 0 Å². The van der Waals surface area contributed by atoms with Gasteiger partial charge in [0.05, 0.1) is 0 Å². The van der Waals surface area contributed by atoms with Gasteiger partial charge in [0, 0.05) is 0 Å². The van der Waals surface area contributed by atoms with Gasteiger partial charge in [-0.05, 0) is 4.57 Å². The lowest BCUT2D eigenvalue weighted by atomic mass is 11.4. The summed E-state index contributed by atoms with van der Waals surface area (Å²) in [5.41, 5.74) is 4.62. The molecule has 6 heavy (non-hydrogen) atoms. The van der Waals surface area contributed by atoms with Crippen LogP contribution in [0.25, 0.3) is 0 Å². The van der Waals surface area contributed by atoms with E-state index in [1.165, 1.54) is 0 Å². The van der Waals surface area contributed by atoms with Crippen molar-refractivity contribution in [2.24, 2.45) is 5.73 Å². The first-order chi connectivity index (χ1) is 2.77. The molecule has 0 aromatic carbocycles. The van der Waals surface area contributed by atoms with Crippen LogP contribution >= 0.6 is 8.25 Å². The van der Waals surface area contributed by atoms with Gasteiger partial charge >= 0.3 is 8.25 Å². The fraction of sp³-hybridized carbons (Fsp3) is 1.00. The van der Waals surface area contributed by atoms with Crippen molar-refractivity contribution in [2.75, 3.05) is 6.73 Å². The average Bonchev–Trinajstić information content (AvgIpc) is 1.35. The van der Waals surface area contributed by atoms with E-state index >= 15 is 0 Å². The van der Waals surface area contributed by atoms with Crippen LogP contribution in [0.4, 0.5) is 0 Å². The van der Waals surface area contributed by atoms with Gasteiger partial charge in [0.2, 0.25) is 0 Å². The Kier molecular flexibility index (Phi) is 3.17. The number of rotatable bonds is 2. The molecule has 0 aromatic rings. The van der Waals surface area contributed by atoms with Gasteiger partial charge in [-0.2, -0.15) is 0 Å². The summed E-state index contributed by atoms with van der Waals surface area (Å²) >= 11 is 0. The highest BCUT2D eigenvalue weighted by Crippen LogP contribution is 2.04. The lowest BCUT2D eigenvalue weighted by Gasteiger charge is -1.78. The molecule has 0 rings (SSSR count). The molecule has 0 saturated heterocycles. The van der Waals surface area contributed by atoms with E-state index in [-0.39, 0.29) is 6.73 Å². The van der Waals surface area contributed by atoms with Crippen molar-refractivity contribution in [3.8, 4) is 0 Å². The van der Waals surface area contributed by atoms with Gasteiger partial charge in [-0.3, -0.25) is 0 Å².